The first-order chi connectivity index (χ1) is 12.8. The van der Waals surface area contributed by atoms with Crippen LogP contribution in [0.1, 0.15) is 77.0 Å². The maximum absolute atomic E-state index is 11.5. The first-order valence-electron chi connectivity index (χ1n) is 10.3. The number of carbonyl (C=O) groups excluding carboxylic acids is 1. The molecule has 0 bridgehead atoms. The third-order valence-corrected chi connectivity index (χ3v) is 4.45. The summed E-state index contributed by atoms with van der Waals surface area (Å²) in [5.74, 6) is -0.297. The molecule has 0 aliphatic carbocycles. The van der Waals surface area contributed by atoms with Gasteiger partial charge in [-0.1, -0.05) is 93.9 Å². The molecule has 0 spiro atoms. The van der Waals surface area contributed by atoms with E-state index in [1.54, 1.807) is 18.2 Å². The van der Waals surface area contributed by atoms with Gasteiger partial charge < -0.3 is 9.84 Å². The summed E-state index contributed by atoms with van der Waals surface area (Å²) in [5, 5.41) is 9.84. The Kier molecular flexibility index (Phi) is 14.5. The number of aliphatic hydroxyl groups is 1. The van der Waals surface area contributed by atoms with Crippen molar-refractivity contribution in [2.24, 2.45) is 0 Å². The van der Waals surface area contributed by atoms with Crippen molar-refractivity contribution in [3.8, 4) is 0 Å². The molecule has 1 rings (SSSR count). The Morgan fingerprint density at radius 1 is 0.769 bits per heavy atom. The second kappa shape index (κ2) is 16.8. The van der Waals surface area contributed by atoms with Crippen LogP contribution in [-0.2, 0) is 9.53 Å². The SMILES string of the molecule is O=C1/C=C/C=C/CC(O)/C=C/C=C\CCCCCCCCCCCCO1. The minimum absolute atomic E-state index is 0.297. The van der Waals surface area contributed by atoms with Gasteiger partial charge in [0, 0.05) is 6.08 Å². The fraction of sp³-hybridized carbons (Fsp3) is 0.609. The largest absolute Gasteiger partial charge is 0.463 e. The minimum Gasteiger partial charge on any atom is -0.463 e. The lowest BCUT2D eigenvalue weighted by Crippen LogP contribution is -2.02. The second-order valence-electron chi connectivity index (χ2n) is 6.90. The molecule has 0 fully saturated rings. The predicted molar refractivity (Wildman–Crippen MR) is 109 cm³/mol. The van der Waals surface area contributed by atoms with Crippen LogP contribution in [0.25, 0.3) is 0 Å². The normalized spacial score (nSPS) is 28.2. The number of hydrogen-bond donors (Lipinski definition) is 1. The lowest BCUT2D eigenvalue weighted by atomic mass is 10.1. The summed E-state index contributed by atoms with van der Waals surface area (Å²) in [4.78, 5) is 11.5. The van der Waals surface area contributed by atoms with Crippen molar-refractivity contribution >= 4 is 5.97 Å². The van der Waals surface area contributed by atoms with Gasteiger partial charge in [-0.25, -0.2) is 4.79 Å². The van der Waals surface area contributed by atoms with Crippen LogP contribution in [0.3, 0.4) is 0 Å². The van der Waals surface area contributed by atoms with Crippen LogP contribution >= 0.6 is 0 Å². The number of allylic oxidation sites excluding steroid dienone is 5. The van der Waals surface area contributed by atoms with E-state index in [0.29, 0.717) is 13.0 Å². The fourth-order valence-electron chi connectivity index (χ4n) is 2.88. The summed E-state index contributed by atoms with van der Waals surface area (Å²) in [6, 6.07) is 0. The molecule has 3 heteroatoms. The summed E-state index contributed by atoms with van der Waals surface area (Å²) in [7, 11) is 0. The summed E-state index contributed by atoms with van der Waals surface area (Å²) in [6.45, 7) is 0.504. The quantitative estimate of drug-likeness (QED) is 0.554. The smallest absolute Gasteiger partial charge is 0.330 e. The molecule has 0 aromatic heterocycles. The molecule has 1 unspecified atom stereocenters. The molecular formula is C23H36O3. The average molecular weight is 361 g/mol. The van der Waals surface area contributed by atoms with Crippen LogP contribution in [0.4, 0.5) is 0 Å². The monoisotopic (exact) mass is 360 g/mol. The number of hydrogen-bond acceptors (Lipinski definition) is 3. The Hall–Kier alpha value is -1.61. The van der Waals surface area contributed by atoms with Gasteiger partial charge in [-0.05, 0) is 25.7 Å². The molecule has 0 aromatic carbocycles. The summed E-state index contributed by atoms with van der Waals surface area (Å²) in [6.07, 6.45) is 28.2. The van der Waals surface area contributed by atoms with Gasteiger partial charge in [-0.3, -0.25) is 0 Å². The molecule has 1 atom stereocenters. The maximum atomic E-state index is 11.5. The van der Waals surface area contributed by atoms with Crippen LogP contribution in [0.15, 0.2) is 48.6 Å². The zero-order valence-corrected chi connectivity index (χ0v) is 16.2. The Morgan fingerprint density at radius 2 is 1.38 bits per heavy atom. The van der Waals surface area contributed by atoms with E-state index in [4.69, 9.17) is 4.74 Å². The van der Waals surface area contributed by atoms with Gasteiger partial charge in [0.05, 0.1) is 12.7 Å². The third-order valence-electron chi connectivity index (χ3n) is 4.45. The zero-order chi connectivity index (χ0) is 18.7. The lowest BCUT2D eigenvalue weighted by molar-refractivity contribution is -0.137. The van der Waals surface area contributed by atoms with Gasteiger partial charge >= 0.3 is 5.97 Å². The summed E-state index contributed by atoms with van der Waals surface area (Å²) >= 11 is 0. The first-order valence-corrected chi connectivity index (χ1v) is 10.3. The van der Waals surface area contributed by atoms with Gasteiger partial charge in [0.2, 0.25) is 0 Å². The van der Waals surface area contributed by atoms with Crippen molar-refractivity contribution < 1.29 is 14.6 Å². The molecule has 0 saturated heterocycles. The Morgan fingerprint density at radius 3 is 2.12 bits per heavy atom. The third kappa shape index (κ3) is 14.7. The van der Waals surface area contributed by atoms with Crippen molar-refractivity contribution in [2.75, 3.05) is 6.61 Å². The van der Waals surface area contributed by atoms with E-state index in [2.05, 4.69) is 6.08 Å². The maximum Gasteiger partial charge on any atom is 0.330 e. The van der Waals surface area contributed by atoms with Gasteiger partial charge in [-0.15, -0.1) is 0 Å². The van der Waals surface area contributed by atoms with E-state index in [9.17, 15) is 9.90 Å². The zero-order valence-electron chi connectivity index (χ0n) is 16.2. The van der Waals surface area contributed by atoms with Crippen molar-refractivity contribution in [2.45, 2.75) is 83.2 Å². The standard InChI is InChI=1S/C23H36O3/c24-22-18-14-11-9-7-5-3-1-2-4-6-8-10-12-17-21-26-23(25)20-16-13-15-19-22/h9,11,13-16,18,20,22,24H,1-8,10,12,17,19,21H2/b11-9-,15-13+,18-14+,20-16+. The van der Waals surface area contributed by atoms with E-state index in [0.717, 1.165) is 19.3 Å². The number of carbonyl (C=O) groups is 1. The highest BCUT2D eigenvalue weighted by Crippen LogP contribution is 2.11. The summed E-state index contributed by atoms with van der Waals surface area (Å²) < 4.78 is 5.17. The van der Waals surface area contributed by atoms with Crippen LogP contribution in [0, 0.1) is 0 Å². The van der Waals surface area contributed by atoms with E-state index in [1.165, 1.54) is 57.4 Å². The van der Waals surface area contributed by atoms with Crippen LogP contribution < -0.4 is 0 Å². The molecule has 1 N–H and O–H groups in total. The number of ether oxygens (including phenoxy) is 1. The van der Waals surface area contributed by atoms with Crippen molar-refractivity contribution in [1.29, 1.82) is 0 Å². The molecule has 146 valence electrons. The fourth-order valence-corrected chi connectivity index (χ4v) is 2.88. The van der Waals surface area contributed by atoms with E-state index in [1.807, 2.05) is 18.2 Å². The highest BCUT2D eigenvalue weighted by atomic mass is 16.5. The minimum atomic E-state index is -0.498. The molecule has 1 aliphatic heterocycles. The number of esters is 1. The number of cyclic esters (lactones) is 1. The molecule has 1 aliphatic rings. The van der Waals surface area contributed by atoms with Gasteiger partial charge in [-0.2, -0.15) is 0 Å². The molecule has 0 aromatic rings. The molecule has 0 amide bonds. The van der Waals surface area contributed by atoms with Gasteiger partial charge in [0.15, 0.2) is 0 Å². The van der Waals surface area contributed by atoms with Gasteiger partial charge in [0.25, 0.3) is 0 Å². The Bertz CT molecular complexity index is 460. The molecule has 26 heavy (non-hydrogen) atoms. The molecule has 0 saturated carbocycles. The summed E-state index contributed by atoms with van der Waals surface area (Å²) in [5.41, 5.74) is 0. The first kappa shape index (κ1) is 22.4. The highest BCUT2D eigenvalue weighted by Gasteiger charge is 1.97. The molecule has 1 heterocycles. The molecule has 0 radical (unpaired) electrons. The highest BCUT2D eigenvalue weighted by molar-refractivity contribution is 5.82. The molecule has 3 nitrogen and oxygen atoms in total. The Balaban J connectivity index is 2.36. The predicted octanol–water partition coefficient (Wildman–Crippen LogP) is 5.81. The molecular weight excluding hydrogens is 324 g/mol. The lowest BCUT2D eigenvalue weighted by Gasteiger charge is -2.03. The van der Waals surface area contributed by atoms with E-state index < -0.39 is 6.10 Å². The number of rotatable bonds is 0. The number of aliphatic hydroxyl groups excluding tert-OH is 1. The Labute approximate surface area is 159 Å². The van der Waals surface area contributed by atoms with Crippen LogP contribution in [0.5, 0.6) is 0 Å². The van der Waals surface area contributed by atoms with Crippen LogP contribution in [-0.4, -0.2) is 23.8 Å². The second-order valence-corrected chi connectivity index (χ2v) is 6.90. The van der Waals surface area contributed by atoms with Crippen LogP contribution in [0.2, 0.25) is 0 Å². The van der Waals surface area contributed by atoms with Gasteiger partial charge in [0.1, 0.15) is 0 Å². The average Bonchev–Trinajstić information content (AvgIpc) is 2.63. The van der Waals surface area contributed by atoms with Crippen molar-refractivity contribution in [3.63, 3.8) is 0 Å². The van der Waals surface area contributed by atoms with Crippen molar-refractivity contribution in [3.05, 3.63) is 48.6 Å². The van der Waals surface area contributed by atoms with E-state index >= 15 is 0 Å². The van der Waals surface area contributed by atoms with E-state index in [-0.39, 0.29) is 5.97 Å². The van der Waals surface area contributed by atoms with Crippen molar-refractivity contribution in [1.82, 2.24) is 0 Å². The topological polar surface area (TPSA) is 46.5 Å².